The molecular weight excluding hydrogens is 292 g/mol. The molecule has 1 heterocycles. The Morgan fingerprint density at radius 3 is 2.62 bits per heavy atom. The number of carbonyl (C=O) groups is 1. The summed E-state index contributed by atoms with van der Waals surface area (Å²) in [5, 5.41) is 8.66. The smallest absolute Gasteiger partial charge is 0.337 e. The van der Waals surface area contributed by atoms with Gasteiger partial charge < -0.3 is 5.11 Å². The third-order valence-corrected chi connectivity index (χ3v) is 5.68. The molecule has 1 fully saturated rings. The van der Waals surface area contributed by atoms with Crippen molar-refractivity contribution < 1.29 is 18.3 Å². The second-order valence-electron chi connectivity index (χ2n) is 5.69. The van der Waals surface area contributed by atoms with Gasteiger partial charge in [0, 0.05) is 12.2 Å². The average molecular weight is 312 g/mol. The van der Waals surface area contributed by atoms with E-state index in [4.69, 9.17) is 5.11 Å². The lowest BCUT2D eigenvalue weighted by Gasteiger charge is -2.34. The lowest BCUT2D eigenvalue weighted by molar-refractivity contribution is 0.0696. The van der Waals surface area contributed by atoms with Crippen LogP contribution in [0.3, 0.4) is 0 Å². The van der Waals surface area contributed by atoms with Gasteiger partial charge in [0.15, 0.2) is 5.03 Å². The summed E-state index contributed by atoms with van der Waals surface area (Å²) in [7, 11) is -3.71. The quantitative estimate of drug-likeness (QED) is 0.885. The molecule has 0 aliphatic heterocycles. The summed E-state index contributed by atoms with van der Waals surface area (Å²) >= 11 is 0. The largest absolute Gasteiger partial charge is 0.478 e. The summed E-state index contributed by atoms with van der Waals surface area (Å²) in [5.74, 6) is -0.380. The number of hydrogen-bond acceptors (Lipinski definition) is 4. The molecule has 2 rings (SSSR count). The van der Waals surface area contributed by atoms with Crippen LogP contribution in [0.2, 0.25) is 0 Å². The Morgan fingerprint density at radius 1 is 1.33 bits per heavy atom. The van der Waals surface area contributed by atoms with Gasteiger partial charge in [0.2, 0.25) is 0 Å². The number of nitrogens with one attached hydrogen (secondary N) is 1. The highest BCUT2D eigenvalue weighted by Crippen LogP contribution is 2.30. The summed E-state index contributed by atoms with van der Waals surface area (Å²) in [6.45, 7) is 4.18. The first kappa shape index (κ1) is 15.9. The summed E-state index contributed by atoms with van der Waals surface area (Å²) in [6, 6.07) is 2.37. The Labute approximate surface area is 124 Å². The van der Waals surface area contributed by atoms with Gasteiger partial charge in [-0.1, -0.05) is 26.7 Å². The Balaban J connectivity index is 2.16. The van der Waals surface area contributed by atoms with Crippen LogP contribution in [0.15, 0.2) is 23.4 Å². The molecule has 1 aliphatic rings. The van der Waals surface area contributed by atoms with Gasteiger partial charge >= 0.3 is 5.97 Å². The van der Waals surface area contributed by atoms with Crippen LogP contribution in [0.25, 0.3) is 0 Å². The first-order valence-corrected chi connectivity index (χ1v) is 8.51. The highest BCUT2D eigenvalue weighted by Gasteiger charge is 2.31. The van der Waals surface area contributed by atoms with E-state index in [0.717, 1.165) is 25.5 Å². The van der Waals surface area contributed by atoms with Crippen molar-refractivity contribution in [2.24, 2.45) is 11.8 Å². The van der Waals surface area contributed by atoms with E-state index in [-0.39, 0.29) is 22.5 Å². The van der Waals surface area contributed by atoms with E-state index in [1.807, 2.05) is 0 Å². The topological polar surface area (TPSA) is 96.4 Å². The molecule has 1 saturated carbocycles. The maximum Gasteiger partial charge on any atom is 0.337 e. The third-order valence-electron chi connectivity index (χ3n) is 4.27. The van der Waals surface area contributed by atoms with Gasteiger partial charge in [0.1, 0.15) is 0 Å². The van der Waals surface area contributed by atoms with Crippen LogP contribution in [0, 0.1) is 11.8 Å². The number of carboxylic acids is 1. The molecule has 0 aromatic carbocycles. The lowest BCUT2D eigenvalue weighted by atomic mass is 9.78. The Morgan fingerprint density at radius 2 is 2.05 bits per heavy atom. The van der Waals surface area contributed by atoms with Gasteiger partial charge in [0.05, 0.1) is 5.56 Å². The lowest BCUT2D eigenvalue weighted by Crippen LogP contribution is -2.43. The van der Waals surface area contributed by atoms with E-state index in [1.165, 1.54) is 12.1 Å². The fourth-order valence-corrected chi connectivity index (χ4v) is 3.96. The molecule has 0 amide bonds. The zero-order valence-corrected chi connectivity index (χ0v) is 12.9. The molecule has 0 saturated heterocycles. The predicted molar refractivity (Wildman–Crippen MR) is 77.5 cm³/mol. The van der Waals surface area contributed by atoms with E-state index < -0.39 is 16.0 Å². The van der Waals surface area contributed by atoms with Gasteiger partial charge in [-0.3, -0.25) is 0 Å². The molecule has 7 heteroatoms. The molecular formula is C14H20N2O4S. The molecule has 21 heavy (non-hydrogen) atoms. The zero-order valence-electron chi connectivity index (χ0n) is 12.1. The van der Waals surface area contributed by atoms with E-state index in [1.54, 1.807) is 0 Å². The van der Waals surface area contributed by atoms with Crippen molar-refractivity contribution >= 4 is 16.0 Å². The van der Waals surface area contributed by atoms with Crippen molar-refractivity contribution in [1.29, 1.82) is 0 Å². The monoisotopic (exact) mass is 312 g/mol. The summed E-state index contributed by atoms with van der Waals surface area (Å²) in [5.41, 5.74) is -0.0337. The molecule has 0 bridgehead atoms. The second kappa shape index (κ2) is 6.11. The van der Waals surface area contributed by atoms with E-state index in [2.05, 4.69) is 23.6 Å². The molecule has 1 aromatic rings. The molecule has 116 valence electrons. The second-order valence-corrected chi connectivity index (χ2v) is 7.35. The minimum atomic E-state index is -3.71. The van der Waals surface area contributed by atoms with Crippen molar-refractivity contribution in [2.75, 3.05) is 0 Å². The van der Waals surface area contributed by atoms with Crippen LogP contribution in [-0.2, 0) is 10.0 Å². The maximum absolute atomic E-state index is 12.3. The van der Waals surface area contributed by atoms with E-state index >= 15 is 0 Å². The van der Waals surface area contributed by atoms with Crippen LogP contribution in [0.1, 0.15) is 43.5 Å². The molecule has 2 N–H and O–H groups in total. The van der Waals surface area contributed by atoms with Crippen molar-refractivity contribution in [3.8, 4) is 0 Å². The maximum atomic E-state index is 12.3. The van der Waals surface area contributed by atoms with Gasteiger partial charge in [-0.15, -0.1) is 0 Å². The van der Waals surface area contributed by atoms with Crippen LogP contribution in [0.4, 0.5) is 0 Å². The number of aromatic carboxylic acids is 1. The van der Waals surface area contributed by atoms with Crippen LogP contribution in [0.5, 0.6) is 0 Å². The molecule has 6 nitrogen and oxygen atoms in total. The average Bonchev–Trinajstić information content (AvgIpc) is 2.44. The van der Waals surface area contributed by atoms with Crippen LogP contribution < -0.4 is 4.72 Å². The Hall–Kier alpha value is -1.47. The molecule has 3 unspecified atom stereocenters. The fraction of sp³-hybridized carbons (Fsp3) is 0.571. The summed E-state index contributed by atoms with van der Waals surface area (Å²) in [4.78, 5) is 14.5. The molecule has 0 radical (unpaired) electrons. The number of pyridine rings is 1. The van der Waals surface area contributed by atoms with Crippen LogP contribution >= 0.6 is 0 Å². The van der Waals surface area contributed by atoms with Crippen molar-refractivity contribution in [3.05, 3.63) is 23.9 Å². The number of sulfonamides is 1. The van der Waals surface area contributed by atoms with E-state index in [9.17, 15) is 13.2 Å². The standard InChI is InChI=1S/C14H20N2O4S/c1-9-4-3-5-12(10(9)2)16-21(19,20)13-7-6-11(8-15-13)14(17)18/h6-10,12,16H,3-5H2,1-2H3,(H,17,18). The van der Waals surface area contributed by atoms with Gasteiger partial charge in [-0.2, -0.15) is 0 Å². The number of hydrogen-bond donors (Lipinski definition) is 2. The van der Waals surface area contributed by atoms with Crippen molar-refractivity contribution in [2.45, 2.75) is 44.2 Å². The van der Waals surface area contributed by atoms with Gasteiger partial charge in [-0.05, 0) is 30.4 Å². The molecule has 1 aliphatic carbocycles. The normalized spacial score (nSPS) is 26.5. The molecule has 0 spiro atoms. The third kappa shape index (κ3) is 3.59. The van der Waals surface area contributed by atoms with Crippen molar-refractivity contribution in [3.63, 3.8) is 0 Å². The minimum Gasteiger partial charge on any atom is -0.478 e. The highest BCUT2D eigenvalue weighted by atomic mass is 32.2. The first-order chi connectivity index (χ1) is 9.81. The Bertz CT molecular complexity index is 612. The number of rotatable bonds is 4. The Kier molecular flexibility index (Phi) is 4.63. The van der Waals surface area contributed by atoms with E-state index in [0.29, 0.717) is 5.92 Å². The number of aromatic nitrogens is 1. The zero-order chi connectivity index (χ0) is 15.6. The molecule has 1 aromatic heterocycles. The fourth-order valence-electron chi connectivity index (χ4n) is 2.67. The highest BCUT2D eigenvalue weighted by molar-refractivity contribution is 7.89. The first-order valence-electron chi connectivity index (χ1n) is 7.03. The van der Waals surface area contributed by atoms with Crippen molar-refractivity contribution in [1.82, 2.24) is 9.71 Å². The van der Waals surface area contributed by atoms with Gasteiger partial charge in [0.25, 0.3) is 10.0 Å². The van der Waals surface area contributed by atoms with Crippen LogP contribution in [-0.4, -0.2) is 30.5 Å². The SMILES string of the molecule is CC1CCCC(NS(=O)(=O)c2ccc(C(=O)O)cn2)C1C. The van der Waals surface area contributed by atoms with Gasteiger partial charge in [-0.25, -0.2) is 22.9 Å². The summed E-state index contributed by atoms with van der Waals surface area (Å²) in [6.07, 6.45) is 4.00. The molecule has 3 atom stereocenters. The summed E-state index contributed by atoms with van der Waals surface area (Å²) < 4.78 is 27.3. The minimum absolute atomic E-state index is 0.0337. The number of carboxylic acid groups (broad SMARTS) is 1. The number of nitrogens with zero attached hydrogens (tertiary/aromatic N) is 1. The predicted octanol–water partition coefficient (Wildman–Crippen LogP) is 1.88.